The summed E-state index contributed by atoms with van der Waals surface area (Å²) in [5.74, 6) is 0.813. The molecule has 2 rings (SSSR count). The van der Waals surface area contributed by atoms with Gasteiger partial charge in [0, 0.05) is 36.9 Å². The molecule has 0 unspecified atom stereocenters. The second-order valence-electron chi connectivity index (χ2n) is 5.02. The van der Waals surface area contributed by atoms with Crippen LogP contribution in [-0.4, -0.2) is 28.8 Å². The van der Waals surface area contributed by atoms with Crippen LogP contribution in [0.4, 0.5) is 0 Å². The van der Waals surface area contributed by atoms with Gasteiger partial charge in [-0.15, -0.1) is 0 Å². The molecule has 1 aromatic carbocycles. The summed E-state index contributed by atoms with van der Waals surface area (Å²) in [6.45, 7) is 4.30. The van der Waals surface area contributed by atoms with Crippen molar-refractivity contribution in [1.82, 2.24) is 20.4 Å². The van der Waals surface area contributed by atoms with E-state index in [9.17, 15) is 0 Å². The predicted octanol–water partition coefficient (Wildman–Crippen LogP) is 2.37. The first-order chi connectivity index (χ1) is 10.7. The van der Waals surface area contributed by atoms with Gasteiger partial charge in [-0.25, -0.2) is 4.99 Å². The van der Waals surface area contributed by atoms with Crippen LogP contribution in [0.15, 0.2) is 41.7 Å². The van der Waals surface area contributed by atoms with E-state index in [2.05, 4.69) is 33.7 Å². The van der Waals surface area contributed by atoms with E-state index in [1.54, 1.807) is 4.68 Å². The highest BCUT2D eigenvalue weighted by atomic mass is 35.5. The number of halogens is 1. The summed E-state index contributed by atoms with van der Waals surface area (Å²) < 4.78 is 1.78. The molecule has 1 aromatic heterocycles. The molecule has 22 heavy (non-hydrogen) atoms. The van der Waals surface area contributed by atoms with Gasteiger partial charge in [-0.05, 0) is 31.0 Å². The maximum Gasteiger partial charge on any atom is 0.191 e. The minimum atomic E-state index is 0.611. The van der Waals surface area contributed by atoms with Crippen LogP contribution in [0.2, 0.25) is 5.02 Å². The van der Waals surface area contributed by atoms with Crippen LogP contribution in [0.25, 0.3) is 0 Å². The van der Waals surface area contributed by atoms with Gasteiger partial charge in [0.25, 0.3) is 0 Å². The molecule has 0 bridgehead atoms. The molecule has 6 heteroatoms. The van der Waals surface area contributed by atoms with Gasteiger partial charge in [-0.3, -0.25) is 4.68 Å². The molecular formula is C16H22ClN5. The van der Waals surface area contributed by atoms with E-state index >= 15 is 0 Å². The van der Waals surface area contributed by atoms with Crippen molar-refractivity contribution in [3.05, 3.63) is 52.8 Å². The van der Waals surface area contributed by atoms with Gasteiger partial charge >= 0.3 is 0 Å². The lowest BCUT2D eigenvalue weighted by Crippen LogP contribution is -2.38. The number of guanidine groups is 1. The molecule has 0 fully saturated rings. The first-order valence-corrected chi connectivity index (χ1v) is 7.79. The van der Waals surface area contributed by atoms with Gasteiger partial charge < -0.3 is 10.6 Å². The Hall–Kier alpha value is -2.01. The highest BCUT2D eigenvalue weighted by molar-refractivity contribution is 6.30. The fraction of sp³-hybridized carbons (Fsp3) is 0.375. The molecule has 0 spiro atoms. The Labute approximate surface area is 136 Å². The molecule has 2 aromatic rings. The van der Waals surface area contributed by atoms with E-state index in [0.29, 0.717) is 6.54 Å². The Morgan fingerprint density at radius 2 is 2.18 bits per heavy atom. The molecular weight excluding hydrogens is 298 g/mol. The maximum absolute atomic E-state index is 5.99. The molecule has 118 valence electrons. The van der Waals surface area contributed by atoms with E-state index in [1.165, 1.54) is 5.56 Å². The van der Waals surface area contributed by atoms with Gasteiger partial charge in [0.1, 0.15) is 0 Å². The van der Waals surface area contributed by atoms with Crippen LogP contribution in [0.1, 0.15) is 18.1 Å². The van der Waals surface area contributed by atoms with Crippen LogP contribution in [0.5, 0.6) is 0 Å². The van der Waals surface area contributed by atoms with Crippen molar-refractivity contribution in [2.45, 2.75) is 19.9 Å². The molecule has 0 aliphatic heterocycles. The second kappa shape index (κ2) is 8.44. The third kappa shape index (κ3) is 5.41. The topological polar surface area (TPSA) is 54.2 Å². The largest absolute Gasteiger partial charge is 0.357 e. The van der Waals surface area contributed by atoms with Gasteiger partial charge in [0.05, 0.1) is 12.7 Å². The predicted molar refractivity (Wildman–Crippen MR) is 91.2 cm³/mol. The molecule has 5 nitrogen and oxygen atoms in total. The van der Waals surface area contributed by atoms with Gasteiger partial charge in [-0.1, -0.05) is 23.7 Å². The van der Waals surface area contributed by atoms with E-state index in [1.807, 2.05) is 37.6 Å². The summed E-state index contributed by atoms with van der Waals surface area (Å²) in [5, 5.41) is 11.5. The number of hydrogen-bond donors (Lipinski definition) is 2. The minimum absolute atomic E-state index is 0.611. The summed E-state index contributed by atoms with van der Waals surface area (Å²) in [6, 6.07) is 7.92. The van der Waals surface area contributed by atoms with Crippen molar-refractivity contribution in [1.29, 1.82) is 0 Å². The third-order valence-electron chi connectivity index (χ3n) is 3.12. The highest BCUT2D eigenvalue weighted by Crippen LogP contribution is 2.10. The van der Waals surface area contributed by atoms with Crippen molar-refractivity contribution in [3.8, 4) is 0 Å². The van der Waals surface area contributed by atoms with E-state index < -0.39 is 0 Å². The Morgan fingerprint density at radius 1 is 1.32 bits per heavy atom. The molecule has 0 radical (unpaired) electrons. The Bertz CT molecular complexity index is 621. The zero-order valence-corrected chi connectivity index (χ0v) is 13.8. The molecule has 0 saturated heterocycles. The van der Waals surface area contributed by atoms with Crippen LogP contribution in [0, 0.1) is 0 Å². The van der Waals surface area contributed by atoms with Gasteiger partial charge in [0.15, 0.2) is 5.96 Å². The zero-order chi connectivity index (χ0) is 15.8. The lowest BCUT2D eigenvalue weighted by molar-refractivity contribution is 0.766. The lowest BCUT2D eigenvalue weighted by Gasteiger charge is -2.11. The zero-order valence-electron chi connectivity index (χ0n) is 13.0. The van der Waals surface area contributed by atoms with Gasteiger partial charge in [-0.2, -0.15) is 5.10 Å². The number of nitrogens with zero attached hydrogens (tertiary/aromatic N) is 3. The van der Waals surface area contributed by atoms with E-state index in [4.69, 9.17) is 11.6 Å². The summed E-state index contributed by atoms with van der Waals surface area (Å²) >= 11 is 5.99. The standard InChI is InChI=1S/C16H22ClN5/c1-3-18-16(20-10-14-11-21-22(2)12-14)19-8-7-13-5-4-6-15(17)9-13/h4-6,9,11-12H,3,7-8,10H2,1-2H3,(H2,18,19,20). The molecule has 0 saturated carbocycles. The smallest absolute Gasteiger partial charge is 0.191 e. The van der Waals surface area contributed by atoms with Crippen LogP contribution >= 0.6 is 11.6 Å². The van der Waals surface area contributed by atoms with Crippen molar-refractivity contribution >= 4 is 17.6 Å². The summed E-state index contributed by atoms with van der Waals surface area (Å²) in [4.78, 5) is 4.56. The number of aliphatic imine (C=N–C) groups is 1. The van der Waals surface area contributed by atoms with Crippen LogP contribution in [-0.2, 0) is 20.0 Å². The quantitative estimate of drug-likeness (QED) is 0.635. The van der Waals surface area contributed by atoms with Crippen molar-refractivity contribution in [2.24, 2.45) is 12.0 Å². The Balaban J connectivity index is 1.85. The third-order valence-corrected chi connectivity index (χ3v) is 3.35. The average Bonchev–Trinajstić information content (AvgIpc) is 2.90. The fourth-order valence-corrected chi connectivity index (χ4v) is 2.30. The number of aryl methyl sites for hydroxylation is 1. The van der Waals surface area contributed by atoms with E-state index in [0.717, 1.165) is 36.1 Å². The number of aromatic nitrogens is 2. The summed E-state index contributed by atoms with van der Waals surface area (Å²) in [6.07, 6.45) is 4.70. The molecule has 0 aliphatic rings. The molecule has 1 heterocycles. The van der Waals surface area contributed by atoms with Crippen LogP contribution < -0.4 is 10.6 Å². The van der Waals surface area contributed by atoms with Crippen LogP contribution in [0.3, 0.4) is 0 Å². The Morgan fingerprint density at radius 3 is 2.86 bits per heavy atom. The van der Waals surface area contributed by atoms with Crippen molar-refractivity contribution < 1.29 is 0 Å². The van der Waals surface area contributed by atoms with Crippen molar-refractivity contribution in [3.63, 3.8) is 0 Å². The fourth-order valence-electron chi connectivity index (χ4n) is 2.08. The molecule has 2 N–H and O–H groups in total. The SMILES string of the molecule is CCNC(=NCc1cnn(C)c1)NCCc1cccc(Cl)c1. The maximum atomic E-state index is 5.99. The summed E-state index contributed by atoms with van der Waals surface area (Å²) in [7, 11) is 1.90. The number of rotatable bonds is 6. The molecule has 0 aliphatic carbocycles. The van der Waals surface area contributed by atoms with Crippen molar-refractivity contribution in [2.75, 3.05) is 13.1 Å². The van der Waals surface area contributed by atoms with E-state index in [-0.39, 0.29) is 0 Å². The van der Waals surface area contributed by atoms with Gasteiger partial charge in [0.2, 0.25) is 0 Å². The number of hydrogen-bond acceptors (Lipinski definition) is 2. The lowest BCUT2D eigenvalue weighted by atomic mass is 10.1. The molecule has 0 amide bonds. The number of nitrogens with one attached hydrogen (secondary N) is 2. The number of benzene rings is 1. The molecule has 0 atom stereocenters. The average molecular weight is 320 g/mol. The first-order valence-electron chi connectivity index (χ1n) is 7.41. The minimum Gasteiger partial charge on any atom is -0.357 e. The monoisotopic (exact) mass is 319 g/mol. The highest BCUT2D eigenvalue weighted by Gasteiger charge is 2.00. The second-order valence-corrected chi connectivity index (χ2v) is 5.46. The summed E-state index contributed by atoms with van der Waals surface area (Å²) in [5.41, 5.74) is 2.30. The Kier molecular flexibility index (Phi) is 6.27. The normalized spacial score (nSPS) is 11.5. The first kappa shape index (κ1) is 16.4.